The molecule has 4 nitrogen and oxygen atoms in total. The number of nitrogens with zero attached hydrogens (tertiary/aromatic N) is 1. The van der Waals surface area contributed by atoms with Crippen molar-refractivity contribution in [3.05, 3.63) is 35.0 Å². The summed E-state index contributed by atoms with van der Waals surface area (Å²) in [5.74, 6) is 0.750. The fourth-order valence-corrected chi connectivity index (χ4v) is 2.34. The third-order valence-electron chi connectivity index (χ3n) is 3.01. The van der Waals surface area contributed by atoms with Gasteiger partial charge in [-0.1, -0.05) is 6.07 Å². The normalized spacial score (nSPS) is 17.0. The molecule has 100 valence electrons. The van der Waals surface area contributed by atoms with E-state index in [-0.39, 0.29) is 5.91 Å². The zero-order valence-corrected chi connectivity index (χ0v) is 12.0. The van der Waals surface area contributed by atoms with Crippen molar-refractivity contribution in [3.8, 4) is 5.75 Å². The molecule has 1 aliphatic rings. The van der Waals surface area contributed by atoms with Crippen LogP contribution in [0.3, 0.4) is 0 Å². The summed E-state index contributed by atoms with van der Waals surface area (Å²) in [6.07, 6.45) is 1.80. The molecule has 0 bridgehead atoms. The van der Waals surface area contributed by atoms with Crippen molar-refractivity contribution in [1.82, 2.24) is 10.2 Å². The molecular formula is C14H16N2O2S. The Morgan fingerprint density at radius 3 is 2.74 bits per heavy atom. The largest absolute Gasteiger partial charge is 0.496 e. The van der Waals surface area contributed by atoms with Crippen LogP contribution in [-0.4, -0.2) is 29.6 Å². The molecule has 1 N–H and O–H groups in total. The second-order valence-corrected chi connectivity index (χ2v) is 4.65. The number of aryl methyl sites for hydroxylation is 1. The minimum Gasteiger partial charge on any atom is -0.496 e. The molecule has 0 spiro atoms. The number of benzene rings is 1. The summed E-state index contributed by atoms with van der Waals surface area (Å²) in [6, 6.07) is 5.76. The van der Waals surface area contributed by atoms with Crippen molar-refractivity contribution in [3.63, 3.8) is 0 Å². The van der Waals surface area contributed by atoms with E-state index >= 15 is 0 Å². The third-order valence-corrected chi connectivity index (χ3v) is 3.33. The number of methoxy groups -OCH3 is 1. The monoisotopic (exact) mass is 276 g/mol. The SMILES string of the molecule is CCN1C(=O)C(=Cc2ccc(OC)c(C)c2)NC1=S. The standard InChI is InChI=1S/C14H16N2O2S/c1-4-16-13(17)11(15-14(16)19)8-10-5-6-12(18-3)9(2)7-10/h5-8H,4H2,1-3H3,(H,15,19). The molecule has 1 saturated heterocycles. The highest BCUT2D eigenvalue weighted by Gasteiger charge is 2.28. The van der Waals surface area contributed by atoms with Gasteiger partial charge < -0.3 is 10.1 Å². The van der Waals surface area contributed by atoms with E-state index in [9.17, 15) is 4.79 Å². The van der Waals surface area contributed by atoms with Gasteiger partial charge in [-0.15, -0.1) is 0 Å². The van der Waals surface area contributed by atoms with E-state index in [1.807, 2.05) is 32.0 Å². The minimum absolute atomic E-state index is 0.0824. The van der Waals surface area contributed by atoms with Gasteiger partial charge in [0.2, 0.25) is 0 Å². The molecule has 1 amide bonds. The number of thiocarbonyl (C=S) groups is 1. The van der Waals surface area contributed by atoms with Crippen molar-refractivity contribution >= 4 is 29.3 Å². The van der Waals surface area contributed by atoms with Crippen LogP contribution in [0, 0.1) is 6.92 Å². The molecule has 2 rings (SSSR count). The lowest BCUT2D eigenvalue weighted by Gasteiger charge is -2.09. The first-order valence-corrected chi connectivity index (χ1v) is 6.46. The quantitative estimate of drug-likeness (QED) is 0.678. The van der Waals surface area contributed by atoms with Crippen molar-refractivity contribution in [2.24, 2.45) is 0 Å². The molecule has 0 aromatic heterocycles. The number of amides is 1. The van der Waals surface area contributed by atoms with E-state index < -0.39 is 0 Å². The Morgan fingerprint density at radius 2 is 2.21 bits per heavy atom. The molecule has 19 heavy (non-hydrogen) atoms. The van der Waals surface area contributed by atoms with Crippen LogP contribution in [0.2, 0.25) is 0 Å². The number of carbonyl (C=O) groups excluding carboxylic acids is 1. The van der Waals surface area contributed by atoms with Gasteiger partial charge in [0.05, 0.1) is 7.11 Å². The third kappa shape index (κ3) is 2.61. The number of hydrogen-bond acceptors (Lipinski definition) is 3. The summed E-state index contributed by atoms with van der Waals surface area (Å²) in [7, 11) is 1.64. The lowest BCUT2D eigenvalue weighted by atomic mass is 10.1. The number of nitrogens with one attached hydrogen (secondary N) is 1. The first-order valence-electron chi connectivity index (χ1n) is 6.06. The molecule has 1 fully saturated rings. The number of carbonyl (C=O) groups is 1. The molecular weight excluding hydrogens is 260 g/mol. The van der Waals surface area contributed by atoms with Crippen LogP contribution in [0.1, 0.15) is 18.1 Å². The van der Waals surface area contributed by atoms with Crippen LogP contribution in [0.5, 0.6) is 5.75 Å². The highest BCUT2D eigenvalue weighted by Crippen LogP contribution is 2.21. The van der Waals surface area contributed by atoms with Crippen molar-refractivity contribution in [2.75, 3.05) is 13.7 Å². The summed E-state index contributed by atoms with van der Waals surface area (Å²) in [5, 5.41) is 3.40. The highest BCUT2D eigenvalue weighted by atomic mass is 32.1. The minimum atomic E-state index is -0.0824. The molecule has 0 atom stereocenters. The summed E-state index contributed by atoms with van der Waals surface area (Å²) < 4.78 is 5.21. The van der Waals surface area contributed by atoms with Gasteiger partial charge in [0.15, 0.2) is 5.11 Å². The van der Waals surface area contributed by atoms with Crippen LogP contribution in [-0.2, 0) is 4.79 Å². The van der Waals surface area contributed by atoms with E-state index in [1.165, 1.54) is 4.90 Å². The van der Waals surface area contributed by atoms with Gasteiger partial charge in [-0.05, 0) is 55.4 Å². The van der Waals surface area contributed by atoms with E-state index in [1.54, 1.807) is 13.2 Å². The molecule has 0 unspecified atom stereocenters. The Labute approximate surface area is 118 Å². The predicted molar refractivity (Wildman–Crippen MR) is 78.8 cm³/mol. The maximum atomic E-state index is 12.0. The smallest absolute Gasteiger partial charge is 0.276 e. The lowest BCUT2D eigenvalue weighted by molar-refractivity contribution is -0.122. The first kappa shape index (κ1) is 13.5. The fourth-order valence-electron chi connectivity index (χ4n) is 2.02. The molecule has 0 radical (unpaired) electrons. The Hall–Kier alpha value is -1.88. The number of hydrogen-bond donors (Lipinski definition) is 1. The summed E-state index contributed by atoms with van der Waals surface area (Å²) in [4.78, 5) is 13.6. The van der Waals surface area contributed by atoms with Crippen LogP contribution in [0.15, 0.2) is 23.9 Å². The Morgan fingerprint density at radius 1 is 1.47 bits per heavy atom. The van der Waals surface area contributed by atoms with Crippen molar-refractivity contribution in [2.45, 2.75) is 13.8 Å². The first-order chi connectivity index (χ1) is 9.06. The summed E-state index contributed by atoms with van der Waals surface area (Å²) in [6.45, 7) is 4.43. The van der Waals surface area contributed by atoms with Gasteiger partial charge in [0.1, 0.15) is 11.4 Å². The summed E-state index contributed by atoms with van der Waals surface area (Å²) in [5.41, 5.74) is 2.48. The topological polar surface area (TPSA) is 41.6 Å². The molecule has 0 saturated carbocycles. The van der Waals surface area contributed by atoms with E-state index in [2.05, 4.69) is 5.32 Å². The average molecular weight is 276 g/mol. The highest BCUT2D eigenvalue weighted by molar-refractivity contribution is 7.80. The number of rotatable bonds is 3. The molecule has 1 aromatic rings. The second-order valence-electron chi connectivity index (χ2n) is 4.27. The maximum Gasteiger partial charge on any atom is 0.276 e. The molecule has 5 heteroatoms. The Kier molecular flexibility index (Phi) is 3.85. The average Bonchev–Trinajstić information content (AvgIpc) is 2.64. The maximum absolute atomic E-state index is 12.0. The van der Waals surface area contributed by atoms with Gasteiger partial charge in [-0.25, -0.2) is 0 Å². The van der Waals surface area contributed by atoms with E-state index in [0.717, 1.165) is 16.9 Å². The van der Waals surface area contributed by atoms with Crippen molar-refractivity contribution < 1.29 is 9.53 Å². The van der Waals surface area contributed by atoms with Crippen molar-refractivity contribution in [1.29, 1.82) is 0 Å². The zero-order chi connectivity index (χ0) is 14.0. The Bertz CT molecular complexity index is 567. The Balaban J connectivity index is 2.30. The van der Waals surface area contributed by atoms with Crippen LogP contribution in [0.4, 0.5) is 0 Å². The lowest BCUT2D eigenvalue weighted by Crippen LogP contribution is -2.30. The predicted octanol–water partition coefficient (Wildman–Crippen LogP) is 2.08. The summed E-state index contributed by atoms with van der Waals surface area (Å²) >= 11 is 5.11. The van der Waals surface area contributed by atoms with E-state index in [4.69, 9.17) is 17.0 Å². The van der Waals surface area contributed by atoms with E-state index in [0.29, 0.717) is 17.4 Å². The molecule has 1 aromatic carbocycles. The van der Waals surface area contributed by atoms with Crippen LogP contribution in [0.25, 0.3) is 6.08 Å². The van der Waals surface area contributed by atoms with Gasteiger partial charge in [-0.3, -0.25) is 9.69 Å². The van der Waals surface area contributed by atoms with Crippen LogP contribution < -0.4 is 10.1 Å². The van der Waals surface area contributed by atoms with Gasteiger partial charge in [0, 0.05) is 6.54 Å². The fraction of sp³-hybridized carbons (Fsp3) is 0.286. The second kappa shape index (κ2) is 5.40. The molecule has 1 aliphatic heterocycles. The number of likely N-dealkylation sites (N-methyl/N-ethyl adjacent to an activating group) is 1. The molecule has 0 aliphatic carbocycles. The zero-order valence-electron chi connectivity index (χ0n) is 11.2. The van der Waals surface area contributed by atoms with Gasteiger partial charge in [0.25, 0.3) is 5.91 Å². The number of ether oxygens (including phenoxy) is 1. The molecule has 1 heterocycles. The van der Waals surface area contributed by atoms with Gasteiger partial charge >= 0.3 is 0 Å². The van der Waals surface area contributed by atoms with Gasteiger partial charge in [-0.2, -0.15) is 0 Å². The van der Waals surface area contributed by atoms with Crippen LogP contribution >= 0.6 is 12.2 Å².